The standard InChI is InChI=1S/C15H26N4O/c1-4-6-15(7-5-8-16-10-15)13(20)9-14-17-11-18-19(14)12(2)3/h11-12,16H,4-10H2,1-3H3. The lowest BCUT2D eigenvalue weighted by Gasteiger charge is -2.36. The molecule has 1 unspecified atom stereocenters. The topological polar surface area (TPSA) is 59.8 Å². The third-order valence-electron chi connectivity index (χ3n) is 4.25. The summed E-state index contributed by atoms with van der Waals surface area (Å²) in [5, 5.41) is 7.62. The second kappa shape index (κ2) is 6.48. The van der Waals surface area contributed by atoms with E-state index in [1.807, 2.05) is 4.68 Å². The number of nitrogens with one attached hydrogen (secondary N) is 1. The largest absolute Gasteiger partial charge is 0.316 e. The quantitative estimate of drug-likeness (QED) is 0.866. The molecule has 112 valence electrons. The summed E-state index contributed by atoms with van der Waals surface area (Å²) in [5.41, 5.74) is -0.194. The van der Waals surface area contributed by atoms with E-state index < -0.39 is 0 Å². The van der Waals surface area contributed by atoms with Crippen molar-refractivity contribution in [3.8, 4) is 0 Å². The minimum Gasteiger partial charge on any atom is -0.316 e. The van der Waals surface area contributed by atoms with Crippen LogP contribution in [0.4, 0.5) is 0 Å². The third-order valence-corrected chi connectivity index (χ3v) is 4.25. The number of piperidine rings is 1. The molecule has 1 fully saturated rings. The number of aromatic nitrogens is 3. The normalized spacial score (nSPS) is 23.2. The van der Waals surface area contributed by atoms with E-state index in [0.717, 1.165) is 44.6 Å². The minimum absolute atomic E-state index is 0.194. The number of rotatable bonds is 6. The maximum Gasteiger partial charge on any atom is 0.147 e. The molecule has 0 radical (unpaired) electrons. The fourth-order valence-corrected chi connectivity index (χ4v) is 3.20. The second-order valence-electron chi connectivity index (χ2n) is 6.13. The summed E-state index contributed by atoms with van der Waals surface area (Å²) in [6.07, 6.45) is 6.05. The number of hydrogen-bond acceptors (Lipinski definition) is 4. The van der Waals surface area contributed by atoms with Gasteiger partial charge in [0, 0.05) is 18.0 Å². The van der Waals surface area contributed by atoms with Crippen LogP contribution in [-0.4, -0.2) is 33.6 Å². The molecule has 1 aromatic rings. The first-order chi connectivity index (χ1) is 9.59. The Balaban J connectivity index is 2.14. The average Bonchev–Trinajstić information content (AvgIpc) is 2.88. The van der Waals surface area contributed by atoms with Crippen molar-refractivity contribution in [2.75, 3.05) is 13.1 Å². The van der Waals surface area contributed by atoms with Crippen molar-refractivity contribution < 1.29 is 4.79 Å². The number of carbonyl (C=O) groups is 1. The zero-order chi connectivity index (χ0) is 14.6. The van der Waals surface area contributed by atoms with E-state index in [2.05, 4.69) is 36.2 Å². The van der Waals surface area contributed by atoms with E-state index in [0.29, 0.717) is 12.2 Å². The van der Waals surface area contributed by atoms with Crippen LogP contribution in [0, 0.1) is 5.41 Å². The molecule has 1 N–H and O–H groups in total. The Kier molecular flexibility index (Phi) is 4.91. The summed E-state index contributed by atoms with van der Waals surface area (Å²) in [6.45, 7) is 8.12. The first-order valence-corrected chi connectivity index (χ1v) is 7.71. The van der Waals surface area contributed by atoms with Gasteiger partial charge in [0.05, 0.1) is 6.42 Å². The number of hydrogen-bond donors (Lipinski definition) is 1. The van der Waals surface area contributed by atoms with Gasteiger partial charge in [-0.25, -0.2) is 9.67 Å². The van der Waals surface area contributed by atoms with Gasteiger partial charge in [0.2, 0.25) is 0 Å². The highest BCUT2D eigenvalue weighted by atomic mass is 16.1. The fourth-order valence-electron chi connectivity index (χ4n) is 3.20. The molecule has 1 aromatic heterocycles. The number of Topliss-reactive ketones (excluding diaryl/α,β-unsaturated/α-hetero) is 1. The monoisotopic (exact) mass is 278 g/mol. The first kappa shape index (κ1) is 15.2. The molecular weight excluding hydrogens is 252 g/mol. The summed E-state index contributed by atoms with van der Waals surface area (Å²) < 4.78 is 1.85. The van der Waals surface area contributed by atoms with Gasteiger partial charge < -0.3 is 5.32 Å². The maximum atomic E-state index is 12.8. The molecule has 0 spiro atoms. The van der Waals surface area contributed by atoms with E-state index in [-0.39, 0.29) is 11.5 Å². The van der Waals surface area contributed by atoms with Gasteiger partial charge in [0.25, 0.3) is 0 Å². The van der Waals surface area contributed by atoms with Crippen LogP contribution in [0.5, 0.6) is 0 Å². The van der Waals surface area contributed by atoms with Gasteiger partial charge in [-0.15, -0.1) is 0 Å². The minimum atomic E-state index is -0.194. The van der Waals surface area contributed by atoms with Gasteiger partial charge >= 0.3 is 0 Å². The zero-order valence-electron chi connectivity index (χ0n) is 12.9. The lowest BCUT2D eigenvalue weighted by molar-refractivity contribution is -0.129. The van der Waals surface area contributed by atoms with Crippen molar-refractivity contribution >= 4 is 5.78 Å². The van der Waals surface area contributed by atoms with Crippen LogP contribution in [0.15, 0.2) is 6.33 Å². The van der Waals surface area contributed by atoms with E-state index in [1.54, 1.807) is 6.33 Å². The van der Waals surface area contributed by atoms with Gasteiger partial charge in [-0.1, -0.05) is 13.3 Å². The lowest BCUT2D eigenvalue weighted by atomic mass is 9.72. The third kappa shape index (κ3) is 3.08. The maximum absolute atomic E-state index is 12.8. The van der Waals surface area contributed by atoms with Gasteiger partial charge in [0.15, 0.2) is 0 Å². The Morgan fingerprint density at radius 3 is 2.95 bits per heavy atom. The van der Waals surface area contributed by atoms with Crippen molar-refractivity contribution in [3.63, 3.8) is 0 Å². The van der Waals surface area contributed by atoms with Gasteiger partial charge in [0.1, 0.15) is 17.9 Å². The van der Waals surface area contributed by atoms with Crippen molar-refractivity contribution in [1.82, 2.24) is 20.1 Å². The molecule has 2 rings (SSSR count). The molecule has 0 amide bonds. The van der Waals surface area contributed by atoms with Crippen LogP contribution in [0.1, 0.15) is 58.3 Å². The Labute approximate surface area is 121 Å². The van der Waals surface area contributed by atoms with E-state index in [9.17, 15) is 4.79 Å². The van der Waals surface area contributed by atoms with Crippen molar-refractivity contribution in [1.29, 1.82) is 0 Å². The smallest absolute Gasteiger partial charge is 0.147 e. The summed E-state index contributed by atoms with van der Waals surface area (Å²) >= 11 is 0. The fraction of sp³-hybridized carbons (Fsp3) is 0.800. The molecule has 1 atom stereocenters. The van der Waals surface area contributed by atoms with E-state index in [4.69, 9.17) is 0 Å². The van der Waals surface area contributed by atoms with Crippen molar-refractivity contribution in [3.05, 3.63) is 12.2 Å². The Bertz CT molecular complexity index is 441. The van der Waals surface area contributed by atoms with Gasteiger partial charge in [-0.3, -0.25) is 4.79 Å². The summed E-state index contributed by atoms with van der Waals surface area (Å²) in [6, 6.07) is 0.243. The highest BCUT2D eigenvalue weighted by Gasteiger charge is 2.38. The predicted octanol–water partition coefficient (Wildman–Crippen LogP) is 2.14. The van der Waals surface area contributed by atoms with Crippen molar-refractivity contribution in [2.45, 2.75) is 58.9 Å². The van der Waals surface area contributed by atoms with E-state index >= 15 is 0 Å². The Morgan fingerprint density at radius 2 is 2.35 bits per heavy atom. The van der Waals surface area contributed by atoms with Crippen LogP contribution >= 0.6 is 0 Å². The van der Waals surface area contributed by atoms with Crippen LogP contribution in [-0.2, 0) is 11.2 Å². The molecule has 0 aromatic carbocycles. The molecular formula is C15H26N4O. The second-order valence-corrected chi connectivity index (χ2v) is 6.13. The molecule has 0 aliphatic carbocycles. The highest BCUT2D eigenvalue weighted by molar-refractivity contribution is 5.86. The zero-order valence-corrected chi connectivity index (χ0v) is 12.9. The van der Waals surface area contributed by atoms with Crippen molar-refractivity contribution in [2.24, 2.45) is 5.41 Å². The van der Waals surface area contributed by atoms with Gasteiger partial charge in [-0.2, -0.15) is 5.10 Å². The van der Waals surface area contributed by atoms with Crippen LogP contribution in [0.3, 0.4) is 0 Å². The number of carbonyl (C=O) groups excluding carboxylic acids is 1. The molecule has 1 aliphatic heterocycles. The number of nitrogens with zero attached hydrogens (tertiary/aromatic N) is 3. The summed E-state index contributed by atoms with van der Waals surface area (Å²) in [5.74, 6) is 1.12. The van der Waals surface area contributed by atoms with Crippen LogP contribution < -0.4 is 5.32 Å². The van der Waals surface area contributed by atoms with E-state index in [1.165, 1.54) is 0 Å². The van der Waals surface area contributed by atoms with Gasteiger partial charge in [-0.05, 0) is 39.7 Å². The number of ketones is 1. The molecule has 0 saturated carbocycles. The average molecular weight is 278 g/mol. The van der Waals surface area contributed by atoms with Crippen LogP contribution in [0.25, 0.3) is 0 Å². The Hall–Kier alpha value is -1.23. The highest BCUT2D eigenvalue weighted by Crippen LogP contribution is 2.33. The molecule has 1 aliphatic rings. The molecule has 20 heavy (non-hydrogen) atoms. The lowest BCUT2D eigenvalue weighted by Crippen LogP contribution is -2.46. The summed E-state index contributed by atoms with van der Waals surface area (Å²) in [4.78, 5) is 17.1. The summed E-state index contributed by atoms with van der Waals surface area (Å²) in [7, 11) is 0. The molecule has 0 bridgehead atoms. The first-order valence-electron chi connectivity index (χ1n) is 7.71. The molecule has 5 nitrogen and oxygen atoms in total. The predicted molar refractivity (Wildman–Crippen MR) is 78.6 cm³/mol. The molecule has 1 saturated heterocycles. The molecule has 5 heteroatoms. The van der Waals surface area contributed by atoms with Crippen LogP contribution in [0.2, 0.25) is 0 Å². The SMILES string of the molecule is CCCC1(C(=O)Cc2ncnn2C(C)C)CCCNC1. The molecule has 2 heterocycles. The Morgan fingerprint density at radius 1 is 1.55 bits per heavy atom.